The number of fused-ring (bicyclic) bond motifs is 1. The topological polar surface area (TPSA) is 34.1 Å². The Morgan fingerprint density at radius 3 is 2.96 bits per heavy atom. The zero-order valence-electron chi connectivity index (χ0n) is 15.6. The van der Waals surface area contributed by atoms with Crippen molar-refractivity contribution in [2.24, 2.45) is 4.99 Å². The first-order valence-corrected chi connectivity index (χ1v) is 9.81. The number of hydrogen-bond acceptors (Lipinski definition) is 5. The van der Waals surface area contributed by atoms with Gasteiger partial charge in [0, 0.05) is 31.9 Å². The van der Waals surface area contributed by atoms with Crippen molar-refractivity contribution in [3.63, 3.8) is 0 Å². The number of nitrogens with zero attached hydrogens (tertiary/aromatic N) is 4. The molecular formula is C20H31N5. The van der Waals surface area contributed by atoms with Gasteiger partial charge in [-0.2, -0.15) is 0 Å². The monoisotopic (exact) mass is 341 g/mol. The molecule has 4 rings (SSSR count). The van der Waals surface area contributed by atoms with Gasteiger partial charge in [-0.25, -0.2) is 0 Å². The lowest BCUT2D eigenvalue weighted by Gasteiger charge is -2.35. The van der Waals surface area contributed by atoms with Gasteiger partial charge in [0.2, 0.25) is 0 Å². The number of likely N-dealkylation sites (N-methyl/N-ethyl adjacent to an activating group) is 1. The summed E-state index contributed by atoms with van der Waals surface area (Å²) in [7, 11) is 2.23. The quantitative estimate of drug-likeness (QED) is 0.853. The highest BCUT2D eigenvalue weighted by atomic mass is 15.3. The Morgan fingerprint density at radius 1 is 1.16 bits per heavy atom. The number of aliphatic imine (C=N–C) groups is 1. The van der Waals surface area contributed by atoms with Gasteiger partial charge >= 0.3 is 0 Å². The van der Waals surface area contributed by atoms with Crippen LogP contribution in [0.25, 0.3) is 0 Å². The van der Waals surface area contributed by atoms with Crippen LogP contribution in [0.4, 0.5) is 0 Å². The van der Waals surface area contributed by atoms with Gasteiger partial charge in [0.1, 0.15) is 11.7 Å². The van der Waals surface area contributed by atoms with Crippen LogP contribution in [0.1, 0.15) is 32.6 Å². The third kappa shape index (κ3) is 3.61. The van der Waals surface area contributed by atoms with E-state index in [0.717, 1.165) is 32.0 Å². The van der Waals surface area contributed by atoms with E-state index < -0.39 is 0 Å². The lowest BCUT2D eigenvalue weighted by Crippen LogP contribution is -2.46. The molecule has 0 bridgehead atoms. The van der Waals surface area contributed by atoms with Gasteiger partial charge in [0.15, 0.2) is 0 Å². The summed E-state index contributed by atoms with van der Waals surface area (Å²) in [4.78, 5) is 12.5. The maximum atomic E-state index is 5.07. The first-order valence-electron chi connectivity index (χ1n) is 9.81. The van der Waals surface area contributed by atoms with Crippen LogP contribution in [0.3, 0.4) is 0 Å². The molecule has 1 aliphatic carbocycles. The van der Waals surface area contributed by atoms with Gasteiger partial charge < -0.3 is 20.0 Å². The minimum Gasteiger partial charge on any atom is -0.364 e. The Labute approximate surface area is 151 Å². The van der Waals surface area contributed by atoms with Crippen LogP contribution in [-0.2, 0) is 0 Å². The van der Waals surface area contributed by atoms with Crippen molar-refractivity contribution in [1.82, 2.24) is 20.0 Å². The summed E-state index contributed by atoms with van der Waals surface area (Å²) < 4.78 is 0. The van der Waals surface area contributed by atoms with Gasteiger partial charge in [-0.05, 0) is 57.8 Å². The predicted molar refractivity (Wildman–Crippen MR) is 103 cm³/mol. The fourth-order valence-electron chi connectivity index (χ4n) is 4.32. The Balaban J connectivity index is 1.51. The van der Waals surface area contributed by atoms with Crippen LogP contribution in [0.5, 0.6) is 0 Å². The minimum atomic E-state index is 0.409. The maximum absolute atomic E-state index is 5.07. The van der Waals surface area contributed by atoms with E-state index in [1.807, 2.05) is 0 Å². The van der Waals surface area contributed by atoms with Crippen molar-refractivity contribution < 1.29 is 0 Å². The second kappa shape index (κ2) is 7.24. The molecule has 2 atom stereocenters. The molecular weight excluding hydrogens is 310 g/mol. The highest BCUT2D eigenvalue weighted by molar-refractivity contribution is 5.87. The van der Waals surface area contributed by atoms with Crippen molar-refractivity contribution >= 4 is 5.84 Å². The molecule has 1 saturated heterocycles. The van der Waals surface area contributed by atoms with Crippen molar-refractivity contribution in [2.45, 2.75) is 44.7 Å². The molecule has 0 aromatic rings. The molecule has 5 heteroatoms. The molecule has 1 N–H and O–H groups in total. The summed E-state index contributed by atoms with van der Waals surface area (Å²) in [6.07, 6.45) is 13.6. The van der Waals surface area contributed by atoms with Gasteiger partial charge in [-0.1, -0.05) is 12.2 Å². The van der Waals surface area contributed by atoms with Gasteiger partial charge in [0.05, 0.1) is 12.6 Å². The molecule has 2 unspecified atom stereocenters. The van der Waals surface area contributed by atoms with Crippen LogP contribution in [-0.4, -0.2) is 72.4 Å². The zero-order valence-corrected chi connectivity index (χ0v) is 15.6. The van der Waals surface area contributed by atoms with Crippen LogP contribution < -0.4 is 5.32 Å². The number of amidine groups is 1. The fourth-order valence-corrected chi connectivity index (χ4v) is 4.32. The van der Waals surface area contributed by atoms with Crippen LogP contribution in [0, 0.1) is 0 Å². The first-order chi connectivity index (χ1) is 12.2. The van der Waals surface area contributed by atoms with Crippen molar-refractivity contribution in [1.29, 1.82) is 0 Å². The summed E-state index contributed by atoms with van der Waals surface area (Å²) in [6.45, 7) is 7.72. The molecule has 0 radical (unpaired) electrons. The average Bonchev–Trinajstić information content (AvgIpc) is 2.97. The van der Waals surface area contributed by atoms with E-state index in [0.29, 0.717) is 12.1 Å². The first kappa shape index (κ1) is 16.7. The molecule has 0 aromatic heterocycles. The molecule has 3 heterocycles. The van der Waals surface area contributed by atoms with Crippen LogP contribution in [0.2, 0.25) is 0 Å². The smallest absolute Gasteiger partial charge is 0.122 e. The van der Waals surface area contributed by atoms with Crippen LogP contribution >= 0.6 is 0 Å². The average molecular weight is 342 g/mol. The Bertz CT molecular complexity index is 618. The van der Waals surface area contributed by atoms with Crippen molar-refractivity contribution in [3.05, 3.63) is 35.8 Å². The van der Waals surface area contributed by atoms with Crippen LogP contribution in [0.15, 0.2) is 40.8 Å². The standard InChI is InChI=1S/C20H31N5/c1-16-7-3-4-11-25(16)15-19-21-18-9-5-8-17(18)20(22-19)24-12-6-10-23(2)13-14-24/h3-4,7,11,16,18H,5-6,8-10,12-15H2,1-2H3,(H,21,22). The third-order valence-electron chi connectivity index (χ3n) is 5.87. The molecule has 25 heavy (non-hydrogen) atoms. The second-order valence-electron chi connectivity index (χ2n) is 7.77. The lowest BCUT2D eigenvalue weighted by atomic mass is 10.1. The maximum Gasteiger partial charge on any atom is 0.122 e. The summed E-state index contributed by atoms with van der Waals surface area (Å²) in [5, 5.41) is 3.74. The third-order valence-corrected chi connectivity index (χ3v) is 5.87. The van der Waals surface area contributed by atoms with E-state index in [2.05, 4.69) is 58.4 Å². The predicted octanol–water partition coefficient (Wildman–Crippen LogP) is 2.16. The van der Waals surface area contributed by atoms with Gasteiger partial charge in [0.25, 0.3) is 0 Å². The number of allylic oxidation sites excluding steroid dienone is 2. The molecule has 4 aliphatic rings. The summed E-state index contributed by atoms with van der Waals surface area (Å²) in [5.74, 6) is 2.52. The number of nitrogens with one attached hydrogen (secondary N) is 1. The summed E-state index contributed by atoms with van der Waals surface area (Å²) >= 11 is 0. The normalized spacial score (nSPS) is 30.2. The fraction of sp³-hybridized carbons (Fsp3) is 0.650. The van der Waals surface area contributed by atoms with Gasteiger partial charge in [-0.3, -0.25) is 4.99 Å². The SMILES string of the molecule is CC1C=CC=CN1CC1=NC2CCCC2=C(N2CCCN(C)CC2)N1. The molecule has 5 nitrogen and oxygen atoms in total. The van der Waals surface area contributed by atoms with E-state index >= 15 is 0 Å². The van der Waals surface area contributed by atoms with E-state index in [1.54, 1.807) is 5.57 Å². The minimum absolute atomic E-state index is 0.409. The highest BCUT2D eigenvalue weighted by Crippen LogP contribution is 2.33. The van der Waals surface area contributed by atoms with E-state index in [4.69, 9.17) is 4.99 Å². The molecule has 3 aliphatic heterocycles. The van der Waals surface area contributed by atoms with Crippen molar-refractivity contribution in [3.8, 4) is 0 Å². The largest absolute Gasteiger partial charge is 0.364 e. The molecule has 136 valence electrons. The molecule has 0 aromatic carbocycles. The molecule has 0 amide bonds. The lowest BCUT2D eigenvalue weighted by molar-refractivity contribution is 0.311. The van der Waals surface area contributed by atoms with E-state index in [9.17, 15) is 0 Å². The molecule has 1 saturated carbocycles. The Kier molecular flexibility index (Phi) is 4.84. The van der Waals surface area contributed by atoms with Crippen molar-refractivity contribution in [2.75, 3.05) is 39.8 Å². The second-order valence-corrected chi connectivity index (χ2v) is 7.77. The molecule has 0 spiro atoms. The Morgan fingerprint density at radius 2 is 2.08 bits per heavy atom. The van der Waals surface area contributed by atoms with E-state index in [-0.39, 0.29) is 0 Å². The van der Waals surface area contributed by atoms with Gasteiger partial charge in [-0.15, -0.1) is 0 Å². The highest BCUT2D eigenvalue weighted by Gasteiger charge is 2.32. The summed E-state index contributed by atoms with van der Waals surface area (Å²) in [5.41, 5.74) is 1.55. The number of rotatable bonds is 3. The zero-order chi connectivity index (χ0) is 17.2. The Hall–Kier alpha value is -1.75. The van der Waals surface area contributed by atoms with E-state index in [1.165, 1.54) is 38.0 Å². The number of hydrogen-bond donors (Lipinski definition) is 1. The molecule has 2 fully saturated rings. The summed E-state index contributed by atoms with van der Waals surface area (Å²) in [6, 6.07) is 0.839.